The smallest absolute Gasteiger partial charge is 0.225 e. The normalized spacial score (nSPS) is 20.0. The van der Waals surface area contributed by atoms with Crippen molar-refractivity contribution in [1.82, 2.24) is 9.97 Å². The number of hydrogen-bond acceptors (Lipinski definition) is 4. The van der Waals surface area contributed by atoms with Gasteiger partial charge in [-0.25, -0.2) is 9.97 Å². The van der Waals surface area contributed by atoms with E-state index in [2.05, 4.69) is 27.9 Å². The van der Waals surface area contributed by atoms with Crippen LogP contribution < -0.4 is 4.90 Å². The van der Waals surface area contributed by atoms with E-state index < -0.39 is 0 Å². The highest BCUT2D eigenvalue weighted by Gasteiger charge is 2.21. The Kier molecular flexibility index (Phi) is 3.92. The first kappa shape index (κ1) is 11.8. The molecule has 0 amide bonds. The SMILES string of the molecule is CCCc1cnc(N2CCCC(C#N)C2)nc1. The summed E-state index contributed by atoms with van der Waals surface area (Å²) in [5, 5.41) is 8.95. The fraction of sp³-hybridized carbons (Fsp3) is 0.615. The van der Waals surface area contributed by atoms with Gasteiger partial charge in [-0.05, 0) is 24.8 Å². The summed E-state index contributed by atoms with van der Waals surface area (Å²) < 4.78 is 0. The van der Waals surface area contributed by atoms with Crippen molar-refractivity contribution in [2.75, 3.05) is 18.0 Å². The first-order chi connectivity index (χ1) is 8.33. The van der Waals surface area contributed by atoms with Gasteiger partial charge in [-0.3, -0.25) is 0 Å². The maximum atomic E-state index is 8.95. The molecule has 2 rings (SSSR count). The first-order valence-corrected chi connectivity index (χ1v) is 6.29. The van der Waals surface area contributed by atoms with E-state index in [0.29, 0.717) is 0 Å². The monoisotopic (exact) mass is 230 g/mol. The van der Waals surface area contributed by atoms with Crippen molar-refractivity contribution < 1.29 is 0 Å². The van der Waals surface area contributed by atoms with E-state index in [4.69, 9.17) is 5.26 Å². The Balaban J connectivity index is 2.04. The summed E-state index contributed by atoms with van der Waals surface area (Å²) in [6.45, 7) is 3.88. The molecule has 1 atom stereocenters. The molecule has 0 N–H and O–H groups in total. The molecule has 2 heterocycles. The maximum absolute atomic E-state index is 8.95. The molecule has 0 saturated carbocycles. The van der Waals surface area contributed by atoms with Crippen LogP contribution in [0.3, 0.4) is 0 Å². The van der Waals surface area contributed by atoms with E-state index >= 15 is 0 Å². The van der Waals surface area contributed by atoms with E-state index in [1.54, 1.807) is 0 Å². The zero-order valence-corrected chi connectivity index (χ0v) is 10.3. The minimum atomic E-state index is 0.127. The molecular weight excluding hydrogens is 212 g/mol. The van der Waals surface area contributed by atoms with Gasteiger partial charge in [-0.15, -0.1) is 0 Å². The first-order valence-electron chi connectivity index (χ1n) is 6.29. The number of anilines is 1. The quantitative estimate of drug-likeness (QED) is 0.798. The highest BCUT2D eigenvalue weighted by Crippen LogP contribution is 2.19. The second kappa shape index (κ2) is 5.62. The molecule has 0 radical (unpaired) electrons. The van der Waals surface area contributed by atoms with Crippen molar-refractivity contribution in [3.8, 4) is 6.07 Å². The van der Waals surface area contributed by atoms with Gasteiger partial charge in [0.25, 0.3) is 0 Å². The molecule has 4 heteroatoms. The van der Waals surface area contributed by atoms with Crippen molar-refractivity contribution in [2.24, 2.45) is 5.92 Å². The summed E-state index contributed by atoms with van der Waals surface area (Å²) in [6.07, 6.45) is 8.01. The highest BCUT2D eigenvalue weighted by atomic mass is 15.2. The van der Waals surface area contributed by atoms with Crippen LogP contribution in [0.2, 0.25) is 0 Å². The Morgan fingerprint density at radius 3 is 2.88 bits per heavy atom. The predicted octanol–water partition coefficient (Wildman–Crippen LogP) is 2.17. The average molecular weight is 230 g/mol. The minimum absolute atomic E-state index is 0.127. The van der Waals surface area contributed by atoms with E-state index in [1.807, 2.05) is 12.4 Å². The zero-order chi connectivity index (χ0) is 12.1. The van der Waals surface area contributed by atoms with Gasteiger partial charge in [-0.2, -0.15) is 5.26 Å². The molecule has 17 heavy (non-hydrogen) atoms. The van der Waals surface area contributed by atoms with Gasteiger partial charge in [0.15, 0.2) is 0 Å². The third-order valence-corrected chi connectivity index (χ3v) is 3.12. The van der Waals surface area contributed by atoms with E-state index in [0.717, 1.165) is 44.7 Å². The molecule has 0 bridgehead atoms. The van der Waals surface area contributed by atoms with Crippen LogP contribution in [-0.2, 0) is 6.42 Å². The number of nitrogens with zero attached hydrogens (tertiary/aromatic N) is 4. The molecule has 1 aliphatic heterocycles. The van der Waals surface area contributed by atoms with Gasteiger partial charge in [-0.1, -0.05) is 13.3 Å². The summed E-state index contributed by atoms with van der Waals surface area (Å²) >= 11 is 0. The van der Waals surface area contributed by atoms with Crippen molar-refractivity contribution in [1.29, 1.82) is 5.26 Å². The van der Waals surface area contributed by atoms with Gasteiger partial charge in [0, 0.05) is 25.5 Å². The predicted molar refractivity (Wildman–Crippen MR) is 66.6 cm³/mol. The Hall–Kier alpha value is -1.63. The lowest BCUT2D eigenvalue weighted by atomic mass is 10.0. The average Bonchev–Trinajstić information content (AvgIpc) is 2.40. The lowest BCUT2D eigenvalue weighted by Crippen LogP contribution is -2.36. The largest absolute Gasteiger partial charge is 0.340 e. The molecule has 4 nitrogen and oxygen atoms in total. The fourth-order valence-electron chi connectivity index (χ4n) is 2.19. The lowest BCUT2D eigenvalue weighted by Gasteiger charge is -2.29. The number of piperidine rings is 1. The van der Waals surface area contributed by atoms with Crippen LogP contribution >= 0.6 is 0 Å². The van der Waals surface area contributed by atoms with Gasteiger partial charge in [0.05, 0.1) is 12.0 Å². The van der Waals surface area contributed by atoms with Crippen LogP contribution in [0.4, 0.5) is 5.95 Å². The second-order valence-electron chi connectivity index (χ2n) is 4.56. The summed E-state index contributed by atoms with van der Waals surface area (Å²) in [5.41, 5.74) is 1.19. The summed E-state index contributed by atoms with van der Waals surface area (Å²) in [5.74, 6) is 0.896. The molecule has 0 aromatic carbocycles. The van der Waals surface area contributed by atoms with E-state index in [-0.39, 0.29) is 5.92 Å². The maximum Gasteiger partial charge on any atom is 0.225 e. The van der Waals surface area contributed by atoms with Crippen LogP contribution in [0.5, 0.6) is 0 Å². The zero-order valence-electron chi connectivity index (χ0n) is 10.3. The van der Waals surface area contributed by atoms with Crippen LogP contribution in [0, 0.1) is 17.2 Å². The summed E-state index contributed by atoms with van der Waals surface area (Å²) in [6, 6.07) is 2.34. The summed E-state index contributed by atoms with van der Waals surface area (Å²) in [7, 11) is 0. The van der Waals surface area contributed by atoms with Gasteiger partial charge < -0.3 is 4.90 Å². The minimum Gasteiger partial charge on any atom is -0.340 e. The molecule has 1 fully saturated rings. The van der Waals surface area contributed by atoms with Gasteiger partial charge in [0.1, 0.15) is 0 Å². The fourth-order valence-corrected chi connectivity index (χ4v) is 2.19. The molecule has 90 valence electrons. The third kappa shape index (κ3) is 2.94. The summed E-state index contributed by atoms with van der Waals surface area (Å²) in [4.78, 5) is 10.9. The molecule has 1 aromatic rings. The van der Waals surface area contributed by atoms with Crippen molar-refractivity contribution in [3.05, 3.63) is 18.0 Å². The van der Waals surface area contributed by atoms with Crippen molar-refractivity contribution in [2.45, 2.75) is 32.6 Å². The standard InChI is InChI=1S/C13H18N4/c1-2-4-12-8-15-13(16-9-12)17-6-3-5-11(7-14)10-17/h8-9,11H,2-6,10H2,1H3. The van der Waals surface area contributed by atoms with Gasteiger partial charge >= 0.3 is 0 Å². The van der Waals surface area contributed by atoms with Crippen LogP contribution in [0.15, 0.2) is 12.4 Å². The highest BCUT2D eigenvalue weighted by molar-refractivity contribution is 5.31. The second-order valence-corrected chi connectivity index (χ2v) is 4.56. The number of aryl methyl sites for hydroxylation is 1. The molecular formula is C13H18N4. The number of rotatable bonds is 3. The van der Waals surface area contributed by atoms with Crippen LogP contribution in [-0.4, -0.2) is 23.1 Å². The van der Waals surface area contributed by atoms with Gasteiger partial charge in [0.2, 0.25) is 5.95 Å². The molecule has 1 aromatic heterocycles. The van der Waals surface area contributed by atoms with Crippen LogP contribution in [0.1, 0.15) is 31.7 Å². The number of nitriles is 1. The lowest BCUT2D eigenvalue weighted by molar-refractivity contribution is 0.487. The Morgan fingerprint density at radius 1 is 1.47 bits per heavy atom. The van der Waals surface area contributed by atoms with Crippen molar-refractivity contribution >= 4 is 5.95 Å². The molecule has 0 aliphatic carbocycles. The Morgan fingerprint density at radius 2 is 2.24 bits per heavy atom. The number of hydrogen-bond donors (Lipinski definition) is 0. The Labute approximate surface area is 102 Å². The molecule has 1 aliphatic rings. The molecule has 1 unspecified atom stereocenters. The molecule has 0 spiro atoms. The van der Waals surface area contributed by atoms with E-state index in [9.17, 15) is 0 Å². The van der Waals surface area contributed by atoms with Crippen LogP contribution in [0.25, 0.3) is 0 Å². The molecule has 1 saturated heterocycles. The Bertz CT molecular complexity index is 393. The van der Waals surface area contributed by atoms with E-state index in [1.165, 1.54) is 5.56 Å². The third-order valence-electron chi connectivity index (χ3n) is 3.12. The number of aromatic nitrogens is 2. The topological polar surface area (TPSA) is 52.8 Å². The van der Waals surface area contributed by atoms with Crippen molar-refractivity contribution in [3.63, 3.8) is 0 Å².